The van der Waals surface area contributed by atoms with Gasteiger partial charge in [0.1, 0.15) is 23.8 Å². The van der Waals surface area contributed by atoms with Gasteiger partial charge in [-0.25, -0.2) is 4.98 Å². The van der Waals surface area contributed by atoms with E-state index in [1.165, 1.54) is 10.9 Å². The smallest absolute Gasteiger partial charge is 0.264 e. The highest BCUT2D eigenvalue weighted by atomic mass is 32.2. The summed E-state index contributed by atoms with van der Waals surface area (Å²) in [6, 6.07) is 22.4. The van der Waals surface area contributed by atoms with Crippen molar-refractivity contribution in [3.05, 3.63) is 83.7 Å². The first-order valence-corrected chi connectivity index (χ1v) is 13.2. The third kappa shape index (κ3) is 6.68. The maximum absolute atomic E-state index is 10.9. The van der Waals surface area contributed by atoms with E-state index >= 15 is 0 Å². The van der Waals surface area contributed by atoms with E-state index in [-0.39, 0.29) is 6.61 Å². The van der Waals surface area contributed by atoms with E-state index in [2.05, 4.69) is 41.4 Å². The van der Waals surface area contributed by atoms with Gasteiger partial charge in [-0.3, -0.25) is 4.18 Å². The predicted octanol–water partition coefficient (Wildman–Crippen LogP) is 6.07. The van der Waals surface area contributed by atoms with Crippen LogP contribution in [0, 0.1) is 6.92 Å². The molecular formula is C27H29NO5S. The second kappa shape index (κ2) is 10.8. The van der Waals surface area contributed by atoms with Crippen LogP contribution in [0.1, 0.15) is 36.3 Å². The van der Waals surface area contributed by atoms with Crippen molar-refractivity contribution in [1.82, 2.24) is 4.98 Å². The number of oxazole rings is 1. The number of unbranched alkanes of at least 4 members (excludes halogenated alkanes) is 2. The van der Waals surface area contributed by atoms with Crippen molar-refractivity contribution in [2.75, 3.05) is 12.9 Å². The number of aromatic nitrogens is 1. The normalized spacial score (nSPS) is 11.7. The third-order valence-corrected chi connectivity index (χ3v) is 6.19. The molecule has 3 aromatic carbocycles. The van der Waals surface area contributed by atoms with Crippen molar-refractivity contribution >= 4 is 20.9 Å². The molecule has 0 spiro atoms. The number of ether oxygens (including phenoxy) is 1. The van der Waals surface area contributed by atoms with Gasteiger partial charge in [-0.15, -0.1) is 0 Å². The molecule has 4 rings (SSSR count). The molecule has 7 heteroatoms. The highest BCUT2D eigenvalue weighted by Gasteiger charge is 2.13. The summed E-state index contributed by atoms with van der Waals surface area (Å²) in [6.07, 6.45) is 4.62. The lowest BCUT2D eigenvalue weighted by molar-refractivity contribution is 0.299. The van der Waals surface area contributed by atoms with E-state index in [1.54, 1.807) is 0 Å². The molecule has 0 atom stereocenters. The summed E-state index contributed by atoms with van der Waals surface area (Å²) in [7, 11) is -3.34. The van der Waals surface area contributed by atoms with Gasteiger partial charge >= 0.3 is 0 Å². The van der Waals surface area contributed by atoms with Crippen LogP contribution in [0.15, 0.2) is 71.1 Å². The van der Waals surface area contributed by atoms with E-state index in [0.717, 1.165) is 60.1 Å². The van der Waals surface area contributed by atoms with E-state index in [1.807, 2.05) is 37.3 Å². The van der Waals surface area contributed by atoms with Crippen molar-refractivity contribution in [2.45, 2.75) is 39.2 Å². The highest BCUT2D eigenvalue weighted by Crippen LogP contribution is 2.26. The molecule has 34 heavy (non-hydrogen) atoms. The SMILES string of the molecule is Cc1oc(-c2ccc3ccccc3c2)nc1COc1ccc(CCCCCOS(C)(=O)=O)cc1. The van der Waals surface area contributed by atoms with E-state index in [9.17, 15) is 8.42 Å². The molecule has 0 saturated carbocycles. The number of nitrogens with zero attached hydrogens (tertiary/aromatic N) is 1. The average Bonchev–Trinajstić information content (AvgIpc) is 3.20. The Morgan fingerprint density at radius 1 is 0.912 bits per heavy atom. The predicted molar refractivity (Wildman–Crippen MR) is 133 cm³/mol. The zero-order valence-electron chi connectivity index (χ0n) is 19.5. The first-order valence-electron chi connectivity index (χ1n) is 11.4. The molecule has 6 nitrogen and oxygen atoms in total. The first-order chi connectivity index (χ1) is 16.4. The summed E-state index contributed by atoms with van der Waals surface area (Å²) < 4.78 is 38.5. The van der Waals surface area contributed by atoms with Crippen molar-refractivity contribution < 1.29 is 21.8 Å². The third-order valence-electron chi connectivity index (χ3n) is 5.60. The largest absolute Gasteiger partial charge is 0.487 e. The van der Waals surface area contributed by atoms with Gasteiger partial charge in [-0.1, -0.05) is 48.9 Å². The second-order valence-electron chi connectivity index (χ2n) is 8.35. The van der Waals surface area contributed by atoms with E-state index in [4.69, 9.17) is 13.3 Å². The fourth-order valence-corrected chi connectivity index (χ4v) is 4.15. The molecule has 0 aliphatic rings. The number of aryl methyl sites for hydroxylation is 2. The van der Waals surface area contributed by atoms with Crippen molar-refractivity contribution in [2.24, 2.45) is 0 Å². The van der Waals surface area contributed by atoms with Crippen LogP contribution < -0.4 is 4.74 Å². The summed E-state index contributed by atoms with van der Waals surface area (Å²) in [5.74, 6) is 2.12. The molecule has 0 aliphatic carbocycles. The average molecular weight is 480 g/mol. The van der Waals surface area contributed by atoms with Gasteiger partial charge in [0.25, 0.3) is 10.1 Å². The number of fused-ring (bicyclic) bond motifs is 1. The Hall–Kier alpha value is -3.16. The Morgan fingerprint density at radius 3 is 2.44 bits per heavy atom. The van der Waals surface area contributed by atoms with Crippen molar-refractivity contribution in [3.63, 3.8) is 0 Å². The number of hydrogen-bond acceptors (Lipinski definition) is 6. The Labute approximate surface area is 200 Å². The molecule has 0 unspecified atom stereocenters. The zero-order chi connectivity index (χ0) is 24.0. The van der Waals surface area contributed by atoms with E-state index < -0.39 is 10.1 Å². The molecule has 0 aliphatic heterocycles. The van der Waals surface area contributed by atoms with Gasteiger partial charge in [-0.05, 0) is 66.8 Å². The molecule has 0 saturated heterocycles. The fourth-order valence-electron chi connectivity index (χ4n) is 3.73. The molecule has 0 amide bonds. The molecule has 0 N–H and O–H groups in total. The fraction of sp³-hybridized carbons (Fsp3) is 0.296. The van der Waals surface area contributed by atoms with Crippen LogP contribution in [0.2, 0.25) is 0 Å². The topological polar surface area (TPSA) is 78.6 Å². The van der Waals surface area contributed by atoms with E-state index in [0.29, 0.717) is 12.5 Å². The standard InChI is InChI=1S/C27H29NO5S/c1-20-26(28-27(33-20)24-14-13-22-9-5-6-10-23(22)18-24)19-31-25-15-11-21(12-16-25)8-4-3-7-17-32-34(2,29)30/h5-6,9-16,18H,3-4,7-8,17,19H2,1-2H3. The minimum Gasteiger partial charge on any atom is -0.487 e. The maximum atomic E-state index is 10.9. The minimum absolute atomic E-state index is 0.246. The number of benzene rings is 3. The summed E-state index contributed by atoms with van der Waals surface area (Å²) in [5.41, 5.74) is 2.94. The Kier molecular flexibility index (Phi) is 7.65. The number of rotatable bonds is 11. The zero-order valence-corrected chi connectivity index (χ0v) is 20.3. The van der Waals surface area contributed by atoms with Crippen LogP contribution in [-0.4, -0.2) is 26.3 Å². The maximum Gasteiger partial charge on any atom is 0.264 e. The Bertz CT molecular complexity index is 1340. The molecule has 178 valence electrons. The Morgan fingerprint density at radius 2 is 1.68 bits per heavy atom. The molecular weight excluding hydrogens is 450 g/mol. The molecule has 0 radical (unpaired) electrons. The van der Waals surface area contributed by atoms with Crippen LogP contribution in [0.25, 0.3) is 22.2 Å². The monoisotopic (exact) mass is 479 g/mol. The van der Waals surface area contributed by atoms with Crippen LogP contribution in [0.3, 0.4) is 0 Å². The number of hydrogen-bond donors (Lipinski definition) is 0. The van der Waals surface area contributed by atoms with Crippen molar-refractivity contribution in [1.29, 1.82) is 0 Å². The van der Waals surface area contributed by atoms with Crippen LogP contribution in [0.5, 0.6) is 5.75 Å². The lowest BCUT2D eigenvalue weighted by Crippen LogP contribution is -2.04. The second-order valence-corrected chi connectivity index (χ2v) is 10.00. The van der Waals surface area contributed by atoms with Crippen LogP contribution in [-0.2, 0) is 27.3 Å². The molecule has 1 aromatic heterocycles. The van der Waals surface area contributed by atoms with Gasteiger partial charge in [0, 0.05) is 5.56 Å². The van der Waals surface area contributed by atoms with Crippen molar-refractivity contribution in [3.8, 4) is 17.2 Å². The van der Waals surface area contributed by atoms with Gasteiger partial charge in [-0.2, -0.15) is 8.42 Å². The lowest BCUT2D eigenvalue weighted by atomic mass is 10.1. The van der Waals surface area contributed by atoms with Gasteiger partial charge in [0.05, 0.1) is 12.9 Å². The van der Waals surface area contributed by atoms with Gasteiger partial charge in [0.2, 0.25) is 5.89 Å². The molecule has 0 bridgehead atoms. The lowest BCUT2D eigenvalue weighted by Gasteiger charge is -2.06. The highest BCUT2D eigenvalue weighted by molar-refractivity contribution is 7.85. The quantitative estimate of drug-likeness (QED) is 0.192. The minimum atomic E-state index is -3.34. The molecule has 4 aromatic rings. The summed E-state index contributed by atoms with van der Waals surface area (Å²) in [5, 5.41) is 2.33. The van der Waals surface area contributed by atoms with Crippen LogP contribution >= 0.6 is 0 Å². The van der Waals surface area contributed by atoms with Crippen LogP contribution in [0.4, 0.5) is 0 Å². The summed E-state index contributed by atoms with van der Waals surface area (Å²) in [6.45, 7) is 2.48. The summed E-state index contributed by atoms with van der Waals surface area (Å²) in [4.78, 5) is 4.66. The Balaban J connectivity index is 1.28. The molecule has 1 heterocycles. The summed E-state index contributed by atoms with van der Waals surface area (Å²) >= 11 is 0. The molecule has 0 fully saturated rings. The first kappa shape index (κ1) is 24.0. The van der Waals surface area contributed by atoms with Gasteiger partial charge < -0.3 is 9.15 Å². The van der Waals surface area contributed by atoms with Gasteiger partial charge in [0.15, 0.2) is 0 Å².